The molecule has 4 heteroatoms. The molecule has 2 nitrogen and oxygen atoms in total. The molecule has 16 heavy (non-hydrogen) atoms. The quantitative estimate of drug-likeness (QED) is 0.765. The average molecular weight is 259 g/mol. The number of aryl methyl sites for hydroxylation is 2. The fourth-order valence-corrected chi connectivity index (χ4v) is 3.71. The van der Waals surface area contributed by atoms with Crippen LogP contribution in [0.1, 0.15) is 35.4 Å². The summed E-state index contributed by atoms with van der Waals surface area (Å²) in [4.78, 5) is 0. The fraction of sp³-hybridized carbons (Fsp3) is 0.500. The minimum absolute atomic E-state index is 0.0605. The van der Waals surface area contributed by atoms with E-state index < -0.39 is 9.05 Å². The van der Waals surface area contributed by atoms with Crippen molar-refractivity contribution in [1.29, 1.82) is 0 Å². The fourth-order valence-electron chi connectivity index (χ4n) is 2.43. The lowest BCUT2D eigenvalue weighted by molar-refractivity contribution is 0.567. The molecule has 0 aromatic heterocycles. The highest BCUT2D eigenvalue weighted by molar-refractivity contribution is 8.13. The molecule has 1 aromatic rings. The second-order valence-electron chi connectivity index (χ2n) is 4.50. The standard InChI is InChI=1S/C12H15ClO2S/c1-9-5-6-10-3-2-4-11(12(10)7-9)8-16(13,14)15/h5-7,11H,2-4,8H2,1H3. The van der Waals surface area contributed by atoms with Crippen molar-refractivity contribution in [2.24, 2.45) is 0 Å². The van der Waals surface area contributed by atoms with Crippen LogP contribution in [0.4, 0.5) is 0 Å². The highest BCUT2D eigenvalue weighted by Crippen LogP contribution is 2.33. The Hall–Kier alpha value is -0.540. The van der Waals surface area contributed by atoms with Gasteiger partial charge in [-0.2, -0.15) is 0 Å². The average Bonchev–Trinajstić information content (AvgIpc) is 2.17. The molecule has 1 aliphatic carbocycles. The zero-order valence-electron chi connectivity index (χ0n) is 9.24. The van der Waals surface area contributed by atoms with Gasteiger partial charge in [0.2, 0.25) is 9.05 Å². The van der Waals surface area contributed by atoms with Gasteiger partial charge in [0, 0.05) is 10.7 Å². The van der Waals surface area contributed by atoms with Crippen molar-refractivity contribution in [3.63, 3.8) is 0 Å². The van der Waals surface area contributed by atoms with Crippen molar-refractivity contribution in [3.05, 3.63) is 34.9 Å². The van der Waals surface area contributed by atoms with Crippen LogP contribution >= 0.6 is 10.7 Å². The smallest absolute Gasteiger partial charge is 0.212 e. The predicted molar refractivity (Wildman–Crippen MR) is 66.5 cm³/mol. The summed E-state index contributed by atoms with van der Waals surface area (Å²) < 4.78 is 22.3. The summed E-state index contributed by atoms with van der Waals surface area (Å²) in [5.74, 6) is 0.136. The third kappa shape index (κ3) is 2.77. The van der Waals surface area contributed by atoms with Gasteiger partial charge in [0.05, 0.1) is 5.75 Å². The van der Waals surface area contributed by atoms with Gasteiger partial charge in [0.15, 0.2) is 0 Å². The topological polar surface area (TPSA) is 34.1 Å². The maximum absolute atomic E-state index is 11.2. The summed E-state index contributed by atoms with van der Waals surface area (Å²) >= 11 is 0. The molecule has 1 aliphatic rings. The Kier molecular flexibility index (Phi) is 3.27. The van der Waals surface area contributed by atoms with Crippen LogP contribution in [0.3, 0.4) is 0 Å². The first-order valence-corrected chi connectivity index (χ1v) is 7.95. The molecule has 88 valence electrons. The monoisotopic (exact) mass is 258 g/mol. The van der Waals surface area contributed by atoms with Gasteiger partial charge in [0.1, 0.15) is 0 Å². The van der Waals surface area contributed by atoms with Crippen LogP contribution in [0, 0.1) is 6.92 Å². The van der Waals surface area contributed by atoms with Crippen LogP contribution < -0.4 is 0 Å². The number of hydrogen-bond donors (Lipinski definition) is 0. The molecule has 0 amide bonds. The van der Waals surface area contributed by atoms with E-state index in [1.165, 1.54) is 16.7 Å². The third-order valence-electron chi connectivity index (χ3n) is 3.14. The Morgan fingerprint density at radius 1 is 1.44 bits per heavy atom. The van der Waals surface area contributed by atoms with Gasteiger partial charge < -0.3 is 0 Å². The van der Waals surface area contributed by atoms with E-state index in [0.717, 1.165) is 19.3 Å². The van der Waals surface area contributed by atoms with Crippen LogP contribution in [-0.4, -0.2) is 14.2 Å². The first-order chi connectivity index (χ1) is 7.46. The van der Waals surface area contributed by atoms with Crippen LogP contribution in [-0.2, 0) is 15.5 Å². The van der Waals surface area contributed by atoms with Gasteiger partial charge in [-0.25, -0.2) is 8.42 Å². The summed E-state index contributed by atoms with van der Waals surface area (Å²) in [6.07, 6.45) is 3.02. The Balaban J connectivity index is 2.35. The summed E-state index contributed by atoms with van der Waals surface area (Å²) in [6.45, 7) is 2.03. The molecule has 0 saturated carbocycles. The van der Waals surface area contributed by atoms with Crippen LogP contribution in [0.25, 0.3) is 0 Å². The molecule has 0 heterocycles. The minimum Gasteiger partial charge on any atom is -0.212 e. The number of halogens is 1. The summed E-state index contributed by atoms with van der Waals surface area (Å²) in [6, 6.07) is 6.29. The zero-order chi connectivity index (χ0) is 11.8. The third-order valence-corrected chi connectivity index (χ3v) is 4.32. The van der Waals surface area contributed by atoms with Gasteiger partial charge in [-0.15, -0.1) is 0 Å². The second-order valence-corrected chi connectivity index (χ2v) is 7.32. The van der Waals surface area contributed by atoms with E-state index in [9.17, 15) is 8.42 Å². The molecule has 0 bridgehead atoms. The highest BCUT2D eigenvalue weighted by Gasteiger charge is 2.24. The van der Waals surface area contributed by atoms with Crippen molar-refractivity contribution in [1.82, 2.24) is 0 Å². The summed E-state index contributed by atoms with van der Waals surface area (Å²) in [5, 5.41) is 0. The largest absolute Gasteiger partial charge is 0.233 e. The number of hydrogen-bond acceptors (Lipinski definition) is 2. The Bertz CT molecular complexity index is 494. The maximum atomic E-state index is 11.2. The van der Waals surface area contributed by atoms with Gasteiger partial charge in [-0.1, -0.05) is 23.8 Å². The van der Waals surface area contributed by atoms with Gasteiger partial charge in [-0.05, 0) is 43.2 Å². The van der Waals surface area contributed by atoms with Crippen molar-refractivity contribution < 1.29 is 8.42 Å². The molecule has 0 saturated heterocycles. The molecule has 0 radical (unpaired) electrons. The first kappa shape index (κ1) is 11.9. The molecule has 0 N–H and O–H groups in total. The predicted octanol–water partition coefficient (Wildman–Crippen LogP) is 2.98. The molecular weight excluding hydrogens is 244 g/mol. The molecule has 0 spiro atoms. The molecule has 0 fully saturated rings. The van der Waals surface area contributed by atoms with Crippen LogP contribution in [0.2, 0.25) is 0 Å². The molecule has 0 aliphatic heterocycles. The van der Waals surface area contributed by atoms with E-state index in [0.29, 0.717) is 0 Å². The molecule has 1 aromatic carbocycles. The van der Waals surface area contributed by atoms with Crippen molar-refractivity contribution in [2.45, 2.75) is 32.1 Å². The minimum atomic E-state index is -3.41. The van der Waals surface area contributed by atoms with Crippen LogP contribution in [0.15, 0.2) is 18.2 Å². The van der Waals surface area contributed by atoms with Gasteiger partial charge in [-0.3, -0.25) is 0 Å². The van der Waals surface area contributed by atoms with Crippen molar-refractivity contribution >= 4 is 19.7 Å². The normalized spacial score (nSPS) is 20.5. The lowest BCUT2D eigenvalue weighted by Crippen LogP contribution is -2.16. The second kappa shape index (κ2) is 4.38. The van der Waals surface area contributed by atoms with E-state index in [1.54, 1.807) is 0 Å². The lowest BCUT2D eigenvalue weighted by Gasteiger charge is -2.24. The Labute approximate surface area is 101 Å². The molecule has 1 unspecified atom stereocenters. The summed E-state index contributed by atoms with van der Waals surface area (Å²) in [5.41, 5.74) is 3.63. The molecular formula is C12H15ClO2S. The summed E-state index contributed by atoms with van der Waals surface area (Å²) in [7, 11) is 1.94. The van der Waals surface area contributed by atoms with E-state index in [4.69, 9.17) is 10.7 Å². The first-order valence-electron chi connectivity index (χ1n) is 5.47. The van der Waals surface area contributed by atoms with E-state index in [-0.39, 0.29) is 11.7 Å². The maximum Gasteiger partial charge on any atom is 0.233 e. The molecule has 2 rings (SSSR count). The Morgan fingerprint density at radius 3 is 2.88 bits per heavy atom. The lowest BCUT2D eigenvalue weighted by atomic mass is 9.83. The van der Waals surface area contributed by atoms with E-state index in [2.05, 4.69) is 18.2 Å². The number of fused-ring (bicyclic) bond motifs is 1. The van der Waals surface area contributed by atoms with Crippen LogP contribution in [0.5, 0.6) is 0 Å². The van der Waals surface area contributed by atoms with Crippen molar-refractivity contribution in [3.8, 4) is 0 Å². The number of rotatable bonds is 2. The van der Waals surface area contributed by atoms with Crippen molar-refractivity contribution in [2.75, 3.05) is 5.75 Å². The van der Waals surface area contributed by atoms with E-state index in [1.807, 2.05) is 6.92 Å². The SMILES string of the molecule is Cc1ccc2c(c1)C(CS(=O)(=O)Cl)CCC2. The van der Waals surface area contributed by atoms with Gasteiger partial charge in [0.25, 0.3) is 0 Å². The zero-order valence-corrected chi connectivity index (χ0v) is 10.8. The number of benzene rings is 1. The van der Waals surface area contributed by atoms with E-state index >= 15 is 0 Å². The highest BCUT2D eigenvalue weighted by atomic mass is 35.7. The Morgan fingerprint density at radius 2 is 2.19 bits per heavy atom. The van der Waals surface area contributed by atoms with Gasteiger partial charge >= 0.3 is 0 Å². The molecule has 1 atom stereocenters.